The third kappa shape index (κ3) is 3.31. The zero-order chi connectivity index (χ0) is 14.7. The van der Waals surface area contributed by atoms with Gasteiger partial charge in [-0.1, -0.05) is 11.6 Å². The van der Waals surface area contributed by atoms with Crippen molar-refractivity contribution < 1.29 is 0 Å². The highest BCUT2D eigenvalue weighted by molar-refractivity contribution is 7.13. The Bertz CT molecular complexity index is 579. The van der Waals surface area contributed by atoms with Gasteiger partial charge in [0.2, 0.25) is 0 Å². The van der Waals surface area contributed by atoms with Gasteiger partial charge in [0.15, 0.2) is 5.13 Å². The summed E-state index contributed by atoms with van der Waals surface area (Å²) in [6, 6.07) is 6.12. The Balaban J connectivity index is 1.72. The highest BCUT2D eigenvalue weighted by Crippen LogP contribution is 2.27. The maximum Gasteiger partial charge on any atom is 0.185 e. The van der Waals surface area contributed by atoms with E-state index in [1.807, 2.05) is 23.7 Å². The fourth-order valence-corrected chi connectivity index (χ4v) is 3.62. The Hall–Kier alpha value is -1.30. The largest absolute Gasteiger partial charge is 0.368 e. The van der Waals surface area contributed by atoms with Gasteiger partial charge in [0, 0.05) is 48.5 Å². The average molecular weight is 323 g/mol. The number of halogens is 1. The van der Waals surface area contributed by atoms with Crippen molar-refractivity contribution >= 4 is 33.8 Å². The van der Waals surface area contributed by atoms with E-state index < -0.39 is 0 Å². The lowest BCUT2D eigenvalue weighted by molar-refractivity contribution is 0.649. The molecule has 112 valence electrons. The van der Waals surface area contributed by atoms with Crippen LogP contribution in [0.3, 0.4) is 0 Å². The summed E-state index contributed by atoms with van der Waals surface area (Å²) in [5.41, 5.74) is 8.23. The summed E-state index contributed by atoms with van der Waals surface area (Å²) in [4.78, 5) is 9.16. The third-order valence-corrected chi connectivity index (χ3v) is 4.83. The number of aromatic nitrogens is 1. The van der Waals surface area contributed by atoms with E-state index in [2.05, 4.69) is 20.9 Å². The van der Waals surface area contributed by atoms with E-state index in [9.17, 15) is 0 Å². The maximum absolute atomic E-state index is 6.11. The van der Waals surface area contributed by atoms with Gasteiger partial charge in [-0.15, -0.1) is 11.3 Å². The average Bonchev–Trinajstić information content (AvgIpc) is 3.02. The number of nitrogens with zero attached hydrogens (tertiary/aromatic N) is 3. The number of anilines is 2. The number of rotatable bonds is 4. The summed E-state index contributed by atoms with van der Waals surface area (Å²) in [6.07, 6.45) is 2.73. The van der Waals surface area contributed by atoms with Gasteiger partial charge >= 0.3 is 0 Å². The number of hydrogen-bond acceptors (Lipinski definition) is 5. The lowest BCUT2D eigenvalue weighted by Gasteiger charge is -2.37. The van der Waals surface area contributed by atoms with Crippen LogP contribution in [-0.4, -0.2) is 37.7 Å². The van der Waals surface area contributed by atoms with E-state index in [4.69, 9.17) is 17.3 Å². The summed E-state index contributed by atoms with van der Waals surface area (Å²) in [6.45, 7) is 4.64. The lowest BCUT2D eigenvalue weighted by Crippen LogP contribution is -2.46. The topological polar surface area (TPSA) is 45.4 Å². The van der Waals surface area contributed by atoms with Crippen LogP contribution in [-0.2, 0) is 6.42 Å². The molecule has 3 rings (SSSR count). The van der Waals surface area contributed by atoms with Gasteiger partial charge in [-0.3, -0.25) is 0 Å². The van der Waals surface area contributed by atoms with E-state index in [0.717, 1.165) is 42.8 Å². The van der Waals surface area contributed by atoms with Crippen LogP contribution in [0.4, 0.5) is 10.8 Å². The van der Waals surface area contributed by atoms with Crippen molar-refractivity contribution in [3.05, 3.63) is 40.4 Å². The van der Waals surface area contributed by atoms with Gasteiger partial charge in [0.05, 0.1) is 0 Å². The van der Waals surface area contributed by atoms with Crippen LogP contribution < -0.4 is 15.5 Å². The van der Waals surface area contributed by atoms with Crippen molar-refractivity contribution in [1.82, 2.24) is 4.98 Å². The Morgan fingerprint density at radius 2 is 1.95 bits per heavy atom. The van der Waals surface area contributed by atoms with E-state index in [1.54, 1.807) is 11.3 Å². The fraction of sp³-hybridized carbons (Fsp3) is 0.400. The number of piperazine rings is 1. The zero-order valence-electron chi connectivity index (χ0n) is 11.8. The Labute approximate surface area is 134 Å². The second-order valence-electron chi connectivity index (χ2n) is 5.10. The summed E-state index contributed by atoms with van der Waals surface area (Å²) < 4.78 is 0. The summed E-state index contributed by atoms with van der Waals surface area (Å²) in [5.74, 6) is 0. The molecule has 2 aromatic rings. The molecule has 2 heterocycles. The molecular formula is C15H19ClN4S. The Kier molecular flexibility index (Phi) is 4.63. The first-order valence-corrected chi connectivity index (χ1v) is 8.41. The second kappa shape index (κ2) is 6.64. The molecule has 6 heteroatoms. The van der Waals surface area contributed by atoms with Crippen LogP contribution in [0, 0.1) is 0 Å². The van der Waals surface area contributed by atoms with Crippen molar-refractivity contribution in [1.29, 1.82) is 0 Å². The molecule has 0 amide bonds. The molecule has 1 saturated heterocycles. The maximum atomic E-state index is 6.11. The van der Waals surface area contributed by atoms with Gasteiger partial charge in [0.1, 0.15) is 0 Å². The molecule has 2 N–H and O–H groups in total. The highest BCUT2D eigenvalue weighted by atomic mass is 35.5. The van der Waals surface area contributed by atoms with Crippen LogP contribution in [0.1, 0.15) is 5.56 Å². The second-order valence-corrected chi connectivity index (χ2v) is 6.41. The van der Waals surface area contributed by atoms with Crippen molar-refractivity contribution in [2.75, 3.05) is 42.5 Å². The normalized spacial score (nSPS) is 15.5. The molecule has 0 aliphatic carbocycles. The first kappa shape index (κ1) is 14.6. The molecule has 0 saturated carbocycles. The van der Waals surface area contributed by atoms with Crippen molar-refractivity contribution in [3.8, 4) is 0 Å². The molecule has 0 bridgehead atoms. The summed E-state index contributed by atoms with van der Waals surface area (Å²) in [5, 5.41) is 3.93. The Morgan fingerprint density at radius 3 is 2.62 bits per heavy atom. The first-order chi connectivity index (χ1) is 10.3. The van der Waals surface area contributed by atoms with Gasteiger partial charge in [0.25, 0.3) is 0 Å². The predicted octanol–water partition coefficient (Wildman–Crippen LogP) is 2.62. The van der Waals surface area contributed by atoms with Gasteiger partial charge < -0.3 is 15.5 Å². The monoisotopic (exact) mass is 322 g/mol. The summed E-state index contributed by atoms with van der Waals surface area (Å²) in [7, 11) is 0. The molecule has 1 aliphatic rings. The molecule has 0 spiro atoms. The molecule has 1 aromatic heterocycles. The van der Waals surface area contributed by atoms with Gasteiger partial charge in [-0.25, -0.2) is 4.98 Å². The summed E-state index contributed by atoms with van der Waals surface area (Å²) >= 11 is 7.81. The van der Waals surface area contributed by atoms with Crippen LogP contribution in [0.15, 0.2) is 29.8 Å². The first-order valence-electron chi connectivity index (χ1n) is 7.16. The van der Waals surface area contributed by atoms with Crippen LogP contribution in [0.2, 0.25) is 5.02 Å². The smallest absolute Gasteiger partial charge is 0.185 e. The molecule has 0 radical (unpaired) electrons. The molecule has 4 nitrogen and oxygen atoms in total. The Morgan fingerprint density at radius 1 is 1.19 bits per heavy atom. The zero-order valence-corrected chi connectivity index (χ0v) is 13.4. The molecule has 1 fully saturated rings. The molecule has 0 unspecified atom stereocenters. The third-order valence-electron chi connectivity index (χ3n) is 3.77. The minimum atomic E-state index is 0.645. The highest BCUT2D eigenvalue weighted by Gasteiger charge is 2.20. The van der Waals surface area contributed by atoms with E-state index in [-0.39, 0.29) is 0 Å². The lowest BCUT2D eigenvalue weighted by atomic mass is 10.1. The molecule has 21 heavy (non-hydrogen) atoms. The van der Waals surface area contributed by atoms with Crippen LogP contribution in [0.25, 0.3) is 0 Å². The SMILES string of the molecule is NCCc1cc(Cl)ccc1N1CCN(c2nccs2)CC1. The van der Waals surface area contributed by atoms with E-state index in [1.165, 1.54) is 11.3 Å². The number of hydrogen-bond donors (Lipinski definition) is 1. The van der Waals surface area contributed by atoms with Crippen LogP contribution >= 0.6 is 22.9 Å². The standard InChI is InChI=1S/C15H19ClN4S/c16-13-1-2-14(12(11-13)3-4-17)19-6-8-20(9-7-19)15-18-5-10-21-15/h1-2,5,10-11H,3-4,6-9,17H2. The fourth-order valence-electron chi connectivity index (χ4n) is 2.73. The van der Waals surface area contributed by atoms with Gasteiger partial charge in [-0.2, -0.15) is 0 Å². The minimum absolute atomic E-state index is 0.645. The van der Waals surface area contributed by atoms with Crippen molar-refractivity contribution in [2.24, 2.45) is 5.73 Å². The van der Waals surface area contributed by atoms with Gasteiger partial charge in [-0.05, 0) is 36.7 Å². The van der Waals surface area contributed by atoms with E-state index >= 15 is 0 Å². The quantitative estimate of drug-likeness (QED) is 0.940. The number of thiazole rings is 1. The molecular weight excluding hydrogens is 304 g/mol. The van der Waals surface area contributed by atoms with Crippen molar-refractivity contribution in [3.63, 3.8) is 0 Å². The van der Waals surface area contributed by atoms with Crippen LogP contribution in [0.5, 0.6) is 0 Å². The van der Waals surface area contributed by atoms with E-state index in [0.29, 0.717) is 6.54 Å². The predicted molar refractivity (Wildman–Crippen MR) is 90.8 cm³/mol. The minimum Gasteiger partial charge on any atom is -0.368 e. The molecule has 1 aromatic carbocycles. The number of nitrogens with two attached hydrogens (primary N) is 1. The molecule has 0 atom stereocenters. The molecule has 1 aliphatic heterocycles. The number of benzene rings is 1. The van der Waals surface area contributed by atoms with Crippen molar-refractivity contribution in [2.45, 2.75) is 6.42 Å².